The zero-order chi connectivity index (χ0) is 16.6. The molecule has 6 heteroatoms. The number of halogens is 4. The van der Waals surface area contributed by atoms with Crippen LogP contribution < -0.4 is 0 Å². The Morgan fingerprint density at radius 1 is 0.913 bits per heavy atom. The van der Waals surface area contributed by atoms with Crippen molar-refractivity contribution in [2.24, 2.45) is 0 Å². The lowest BCUT2D eigenvalue weighted by molar-refractivity contribution is 1.02. The van der Waals surface area contributed by atoms with Crippen LogP contribution in [0, 0.1) is 6.92 Å². The molecule has 0 unspecified atom stereocenters. The summed E-state index contributed by atoms with van der Waals surface area (Å²) in [6.45, 7) is 1.97. The molecule has 118 valence electrons. The van der Waals surface area contributed by atoms with Gasteiger partial charge in [-0.25, -0.2) is 4.98 Å². The van der Waals surface area contributed by atoms with E-state index < -0.39 is 0 Å². The first-order valence-electron chi connectivity index (χ1n) is 6.89. The van der Waals surface area contributed by atoms with Crippen molar-refractivity contribution in [1.29, 1.82) is 0 Å². The van der Waals surface area contributed by atoms with Crippen LogP contribution in [-0.2, 0) is 6.42 Å². The summed E-state index contributed by atoms with van der Waals surface area (Å²) in [5.41, 5.74) is 3.64. The molecule has 0 bridgehead atoms. The molecule has 1 aromatic heterocycles. The third kappa shape index (κ3) is 3.67. The monoisotopic (exact) mass is 384 g/mol. The van der Waals surface area contributed by atoms with Crippen molar-refractivity contribution in [2.45, 2.75) is 13.3 Å². The van der Waals surface area contributed by atoms with E-state index in [9.17, 15) is 0 Å². The second kappa shape index (κ2) is 6.74. The highest BCUT2D eigenvalue weighted by Gasteiger charge is 2.12. The van der Waals surface area contributed by atoms with Gasteiger partial charge >= 0.3 is 0 Å². The molecule has 0 radical (unpaired) electrons. The summed E-state index contributed by atoms with van der Waals surface area (Å²) in [6.07, 6.45) is 0.571. The number of benzene rings is 2. The fourth-order valence-electron chi connectivity index (χ4n) is 2.39. The van der Waals surface area contributed by atoms with Crippen molar-refractivity contribution >= 4 is 46.4 Å². The quantitative estimate of drug-likeness (QED) is 0.541. The fourth-order valence-corrected chi connectivity index (χ4v) is 3.07. The van der Waals surface area contributed by atoms with Crippen LogP contribution in [0.4, 0.5) is 0 Å². The van der Waals surface area contributed by atoms with Gasteiger partial charge in [-0.2, -0.15) is 0 Å². The third-order valence-electron chi connectivity index (χ3n) is 3.49. The van der Waals surface area contributed by atoms with E-state index in [0.29, 0.717) is 26.5 Å². The minimum atomic E-state index is 0.506. The molecule has 0 spiro atoms. The Labute approximate surface area is 154 Å². The molecule has 0 aliphatic heterocycles. The molecule has 0 atom stereocenters. The number of aromatic amines is 1. The van der Waals surface area contributed by atoms with Crippen LogP contribution in [0.15, 0.2) is 36.4 Å². The molecule has 0 fully saturated rings. The van der Waals surface area contributed by atoms with E-state index in [2.05, 4.69) is 9.97 Å². The average molecular weight is 386 g/mol. The fraction of sp³-hybridized carbons (Fsp3) is 0.118. The molecule has 0 amide bonds. The van der Waals surface area contributed by atoms with Crippen LogP contribution in [0.3, 0.4) is 0 Å². The van der Waals surface area contributed by atoms with Gasteiger partial charge in [0.15, 0.2) is 0 Å². The summed E-state index contributed by atoms with van der Waals surface area (Å²) >= 11 is 24.3. The Kier molecular flexibility index (Phi) is 4.88. The molecule has 2 aromatic carbocycles. The zero-order valence-electron chi connectivity index (χ0n) is 12.1. The van der Waals surface area contributed by atoms with Gasteiger partial charge in [-0.3, -0.25) is 0 Å². The van der Waals surface area contributed by atoms with Gasteiger partial charge < -0.3 is 4.98 Å². The highest BCUT2D eigenvalue weighted by Crippen LogP contribution is 2.30. The number of imidazole rings is 1. The molecular weight excluding hydrogens is 374 g/mol. The number of aromatic nitrogens is 2. The van der Waals surface area contributed by atoms with Crippen LogP contribution in [-0.4, -0.2) is 9.97 Å². The molecule has 23 heavy (non-hydrogen) atoms. The van der Waals surface area contributed by atoms with Crippen molar-refractivity contribution in [3.8, 4) is 11.3 Å². The second-order valence-electron chi connectivity index (χ2n) is 5.20. The lowest BCUT2D eigenvalue weighted by Crippen LogP contribution is -1.92. The molecule has 2 nitrogen and oxygen atoms in total. The van der Waals surface area contributed by atoms with Crippen LogP contribution in [0.5, 0.6) is 0 Å². The number of hydrogen-bond donors (Lipinski definition) is 1. The van der Waals surface area contributed by atoms with Crippen LogP contribution >= 0.6 is 46.4 Å². The Morgan fingerprint density at radius 3 is 2.39 bits per heavy atom. The van der Waals surface area contributed by atoms with E-state index in [0.717, 1.165) is 28.3 Å². The van der Waals surface area contributed by atoms with Gasteiger partial charge in [-0.1, -0.05) is 52.5 Å². The first kappa shape index (κ1) is 16.7. The van der Waals surface area contributed by atoms with E-state index in [1.54, 1.807) is 18.2 Å². The van der Waals surface area contributed by atoms with Crippen molar-refractivity contribution < 1.29 is 0 Å². The normalized spacial score (nSPS) is 11.0. The number of aryl methyl sites for hydroxylation is 1. The molecule has 0 saturated heterocycles. The Bertz CT molecular complexity index is 871. The Morgan fingerprint density at radius 2 is 1.65 bits per heavy atom. The topological polar surface area (TPSA) is 28.7 Å². The van der Waals surface area contributed by atoms with Crippen molar-refractivity contribution in [3.63, 3.8) is 0 Å². The van der Waals surface area contributed by atoms with E-state index >= 15 is 0 Å². The maximum Gasteiger partial charge on any atom is 0.111 e. The maximum atomic E-state index is 6.22. The minimum Gasteiger partial charge on any atom is -0.345 e. The van der Waals surface area contributed by atoms with Crippen molar-refractivity contribution in [2.75, 3.05) is 0 Å². The first-order chi connectivity index (χ1) is 10.9. The van der Waals surface area contributed by atoms with Gasteiger partial charge in [0.05, 0.1) is 15.7 Å². The van der Waals surface area contributed by atoms with E-state index in [4.69, 9.17) is 46.4 Å². The van der Waals surface area contributed by atoms with Gasteiger partial charge in [0.2, 0.25) is 0 Å². The lowest BCUT2D eigenvalue weighted by Gasteiger charge is -2.03. The second-order valence-corrected chi connectivity index (χ2v) is 6.86. The van der Waals surface area contributed by atoms with E-state index in [1.807, 2.05) is 25.1 Å². The van der Waals surface area contributed by atoms with Crippen molar-refractivity contribution in [3.05, 3.63) is 73.6 Å². The molecule has 3 aromatic rings. The summed E-state index contributed by atoms with van der Waals surface area (Å²) in [4.78, 5) is 7.94. The molecule has 0 aliphatic rings. The van der Waals surface area contributed by atoms with Crippen LogP contribution in [0.2, 0.25) is 20.1 Å². The summed E-state index contributed by atoms with van der Waals surface area (Å²) < 4.78 is 0. The largest absolute Gasteiger partial charge is 0.345 e. The molecule has 1 N–H and O–H groups in total. The van der Waals surface area contributed by atoms with Crippen LogP contribution in [0.25, 0.3) is 11.3 Å². The number of nitrogens with zero attached hydrogens (tertiary/aromatic N) is 1. The average Bonchev–Trinajstić information content (AvgIpc) is 2.86. The summed E-state index contributed by atoms with van der Waals surface area (Å²) in [7, 11) is 0. The highest BCUT2D eigenvalue weighted by molar-refractivity contribution is 6.42. The molecular formula is C17H12Cl4N2. The standard InChI is InChI=1S/C17H12Cl4N2/c1-9-17(10-2-4-14(20)15(21)7-10)23-16(22-9)8-11-6-12(18)3-5-13(11)19/h2-7H,8H2,1H3,(H,22,23). The summed E-state index contributed by atoms with van der Waals surface area (Å²) in [5, 5.41) is 2.34. The molecule has 1 heterocycles. The van der Waals surface area contributed by atoms with Gasteiger partial charge in [-0.15, -0.1) is 0 Å². The number of hydrogen-bond acceptors (Lipinski definition) is 1. The maximum absolute atomic E-state index is 6.22. The van der Waals surface area contributed by atoms with Crippen molar-refractivity contribution in [1.82, 2.24) is 9.97 Å². The van der Waals surface area contributed by atoms with E-state index in [-0.39, 0.29) is 0 Å². The molecule has 0 saturated carbocycles. The lowest BCUT2D eigenvalue weighted by atomic mass is 10.1. The number of H-pyrrole nitrogens is 1. The van der Waals surface area contributed by atoms with Gasteiger partial charge in [-0.05, 0) is 42.8 Å². The zero-order valence-corrected chi connectivity index (χ0v) is 15.2. The SMILES string of the molecule is Cc1[nH]c(Cc2cc(Cl)ccc2Cl)nc1-c1ccc(Cl)c(Cl)c1. The van der Waals surface area contributed by atoms with Gasteiger partial charge in [0.1, 0.15) is 5.82 Å². The summed E-state index contributed by atoms with van der Waals surface area (Å²) in [6, 6.07) is 10.9. The Balaban J connectivity index is 1.94. The first-order valence-corrected chi connectivity index (χ1v) is 8.40. The number of nitrogens with one attached hydrogen (secondary N) is 1. The predicted octanol–water partition coefficient (Wildman–Crippen LogP) is 6.59. The third-order valence-corrected chi connectivity index (χ3v) is 4.84. The van der Waals surface area contributed by atoms with Gasteiger partial charge in [0.25, 0.3) is 0 Å². The Hall–Kier alpha value is -1.19. The summed E-state index contributed by atoms with van der Waals surface area (Å²) in [5.74, 6) is 0.813. The van der Waals surface area contributed by atoms with Crippen LogP contribution in [0.1, 0.15) is 17.1 Å². The predicted molar refractivity (Wildman–Crippen MR) is 98.0 cm³/mol. The van der Waals surface area contributed by atoms with Gasteiger partial charge in [0, 0.05) is 27.7 Å². The smallest absolute Gasteiger partial charge is 0.111 e. The number of rotatable bonds is 3. The highest BCUT2D eigenvalue weighted by atomic mass is 35.5. The molecule has 3 rings (SSSR count). The van der Waals surface area contributed by atoms with E-state index in [1.165, 1.54) is 0 Å². The molecule has 0 aliphatic carbocycles. The minimum absolute atomic E-state index is 0.506.